The van der Waals surface area contributed by atoms with Crippen molar-refractivity contribution in [2.24, 2.45) is 0 Å². The van der Waals surface area contributed by atoms with Gasteiger partial charge < -0.3 is 0 Å². The Morgan fingerprint density at radius 3 is 1.41 bits per heavy atom. The number of benzene rings is 5. The zero-order valence-corrected chi connectivity index (χ0v) is 21.2. The van der Waals surface area contributed by atoms with Crippen LogP contribution in [0, 0.1) is 22.7 Å². The molecule has 0 fully saturated rings. The molecule has 0 unspecified atom stereocenters. The molecule has 7 rings (SSSR count). The quantitative estimate of drug-likeness (QED) is 0.263. The molecule has 0 radical (unpaired) electrons. The van der Waals surface area contributed by atoms with E-state index in [1.165, 1.54) is 22.1 Å². The second-order valence-corrected chi connectivity index (χ2v) is 11.2. The Morgan fingerprint density at radius 2 is 0.973 bits per heavy atom. The van der Waals surface area contributed by atoms with E-state index in [0.717, 1.165) is 36.2 Å². The zero-order chi connectivity index (χ0) is 24.9. The summed E-state index contributed by atoms with van der Waals surface area (Å²) in [5.41, 5.74) is 9.37. The lowest BCUT2D eigenvalue weighted by Gasteiger charge is -2.34. The topological polar surface area (TPSA) is 47.6 Å². The number of hydrogen-bond acceptors (Lipinski definition) is 4. The fourth-order valence-electron chi connectivity index (χ4n) is 5.36. The van der Waals surface area contributed by atoms with Crippen LogP contribution in [0.2, 0.25) is 0 Å². The summed E-state index contributed by atoms with van der Waals surface area (Å²) >= 11 is 3.32. The van der Waals surface area contributed by atoms with Crippen molar-refractivity contribution < 1.29 is 0 Å². The van der Waals surface area contributed by atoms with Crippen molar-refractivity contribution in [3.8, 4) is 34.4 Å². The molecule has 2 heterocycles. The van der Waals surface area contributed by atoms with Gasteiger partial charge in [-0.2, -0.15) is 10.5 Å². The number of fused-ring (bicyclic) bond motifs is 4. The lowest BCUT2D eigenvalue weighted by Crippen LogP contribution is -2.58. The molecular weight excluding hydrogens is 487 g/mol. The van der Waals surface area contributed by atoms with Gasteiger partial charge in [0.2, 0.25) is 6.71 Å². The molecule has 5 aromatic carbocycles. The first-order chi connectivity index (χ1) is 18.2. The molecule has 5 heteroatoms. The Bertz CT molecular complexity index is 1670. The Labute approximate surface area is 224 Å². The van der Waals surface area contributed by atoms with E-state index in [4.69, 9.17) is 0 Å². The van der Waals surface area contributed by atoms with Crippen molar-refractivity contribution in [2.75, 3.05) is 0 Å². The van der Waals surface area contributed by atoms with E-state index in [-0.39, 0.29) is 6.71 Å². The second-order valence-electron chi connectivity index (χ2n) is 9.14. The normalized spacial score (nSPS) is 12.5. The first kappa shape index (κ1) is 22.1. The molecular formula is C32H17BN2S2. The van der Waals surface area contributed by atoms with Crippen LogP contribution in [-0.2, 0) is 0 Å². The molecule has 0 spiro atoms. The Morgan fingerprint density at radius 1 is 0.514 bits per heavy atom. The van der Waals surface area contributed by atoms with Gasteiger partial charge in [-0.15, -0.1) is 0 Å². The molecule has 37 heavy (non-hydrogen) atoms. The van der Waals surface area contributed by atoms with Crippen LogP contribution in [0.4, 0.5) is 0 Å². The van der Waals surface area contributed by atoms with Crippen LogP contribution >= 0.6 is 23.5 Å². The molecule has 2 aliphatic rings. The smallest absolute Gasteiger partial charge is 0.192 e. The molecule has 0 bridgehead atoms. The van der Waals surface area contributed by atoms with Crippen LogP contribution in [0.3, 0.4) is 0 Å². The molecule has 0 saturated heterocycles. The first-order valence-electron chi connectivity index (χ1n) is 12.0. The van der Waals surface area contributed by atoms with Crippen LogP contribution < -0.4 is 16.4 Å². The first-order valence-corrected chi connectivity index (χ1v) is 13.6. The van der Waals surface area contributed by atoms with Crippen molar-refractivity contribution in [3.05, 3.63) is 114 Å². The van der Waals surface area contributed by atoms with Crippen molar-refractivity contribution in [2.45, 2.75) is 19.6 Å². The standard InChI is InChI=1S/C32H17BN2S2/c34-18-24-15-25(19-35)32-30-31(24)36-28-16-22(20-7-3-1-4-8-20)11-13-26(28)33(30)27-14-12-23(17-29(27)37-32)21-9-5-2-6-10-21/h1-17H. The van der Waals surface area contributed by atoms with E-state index in [1.54, 1.807) is 29.6 Å². The summed E-state index contributed by atoms with van der Waals surface area (Å²) in [6.45, 7) is -0.0208. The number of nitriles is 2. The van der Waals surface area contributed by atoms with Gasteiger partial charge >= 0.3 is 0 Å². The summed E-state index contributed by atoms with van der Waals surface area (Å²) < 4.78 is 0. The van der Waals surface area contributed by atoms with E-state index >= 15 is 0 Å². The van der Waals surface area contributed by atoms with Gasteiger partial charge in [-0.25, -0.2) is 0 Å². The van der Waals surface area contributed by atoms with Crippen LogP contribution in [0.5, 0.6) is 0 Å². The van der Waals surface area contributed by atoms with Crippen LogP contribution in [0.15, 0.2) is 123 Å². The van der Waals surface area contributed by atoms with Crippen molar-refractivity contribution in [3.63, 3.8) is 0 Å². The lowest BCUT2D eigenvalue weighted by atomic mass is 9.36. The number of nitrogens with zero attached hydrogens (tertiary/aromatic N) is 2. The predicted molar refractivity (Wildman–Crippen MR) is 153 cm³/mol. The molecule has 2 aliphatic heterocycles. The Balaban J connectivity index is 1.47. The summed E-state index contributed by atoms with van der Waals surface area (Å²) in [4.78, 5) is 4.28. The highest BCUT2D eigenvalue weighted by Gasteiger charge is 2.40. The van der Waals surface area contributed by atoms with Crippen molar-refractivity contribution in [1.82, 2.24) is 0 Å². The second kappa shape index (κ2) is 8.75. The molecule has 0 N–H and O–H groups in total. The summed E-state index contributed by atoms with van der Waals surface area (Å²) in [6, 6.07) is 40.6. The molecule has 5 aromatic rings. The highest BCUT2D eigenvalue weighted by Crippen LogP contribution is 2.43. The van der Waals surface area contributed by atoms with Gasteiger partial charge in [0.15, 0.2) is 0 Å². The molecule has 0 saturated carbocycles. The molecule has 0 amide bonds. The van der Waals surface area contributed by atoms with Crippen LogP contribution in [0.1, 0.15) is 11.1 Å². The average Bonchev–Trinajstić information content (AvgIpc) is 2.97. The minimum atomic E-state index is -0.0208. The van der Waals surface area contributed by atoms with E-state index in [2.05, 4.69) is 97.1 Å². The maximum Gasteiger partial charge on any atom is 0.247 e. The van der Waals surface area contributed by atoms with E-state index < -0.39 is 0 Å². The van der Waals surface area contributed by atoms with Crippen LogP contribution in [0.25, 0.3) is 22.3 Å². The third-order valence-corrected chi connectivity index (χ3v) is 9.52. The van der Waals surface area contributed by atoms with Crippen molar-refractivity contribution in [1.29, 1.82) is 10.5 Å². The summed E-state index contributed by atoms with van der Waals surface area (Å²) in [6.07, 6.45) is 0. The van der Waals surface area contributed by atoms with Crippen LogP contribution in [-0.4, -0.2) is 6.71 Å². The highest BCUT2D eigenvalue weighted by molar-refractivity contribution is 8.01. The van der Waals surface area contributed by atoms with Gasteiger partial charge in [-0.3, -0.25) is 0 Å². The van der Waals surface area contributed by atoms with Gasteiger partial charge in [0, 0.05) is 19.6 Å². The number of hydrogen-bond donors (Lipinski definition) is 0. The van der Waals surface area contributed by atoms with Gasteiger partial charge in [0.1, 0.15) is 12.1 Å². The Hall–Kier alpha value is -4.16. The van der Waals surface area contributed by atoms with Gasteiger partial charge in [-0.1, -0.05) is 119 Å². The largest absolute Gasteiger partial charge is 0.247 e. The van der Waals surface area contributed by atoms with E-state index in [1.807, 2.05) is 12.1 Å². The molecule has 0 aromatic heterocycles. The molecule has 170 valence electrons. The minimum absolute atomic E-state index is 0.0208. The lowest BCUT2D eigenvalue weighted by molar-refractivity contribution is 1.26. The third-order valence-electron chi connectivity index (χ3n) is 7.08. The fourth-order valence-corrected chi connectivity index (χ4v) is 7.93. The SMILES string of the molecule is N#Cc1cc(C#N)c2c3c1Sc1cc(-c4ccccc4)ccc1B3c1ccc(-c3ccccc3)cc1S2. The molecule has 2 nitrogen and oxygen atoms in total. The third kappa shape index (κ3) is 3.51. The minimum Gasteiger partial charge on any atom is -0.192 e. The molecule has 0 aliphatic carbocycles. The predicted octanol–water partition coefficient (Wildman–Crippen LogP) is 6.21. The highest BCUT2D eigenvalue weighted by atomic mass is 32.2. The number of rotatable bonds is 2. The maximum atomic E-state index is 10.0. The maximum absolute atomic E-state index is 10.0. The summed E-state index contributed by atoms with van der Waals surface area (Å²) in [5.74, 6) is 0. The fraction of sp³-hybridized carbons (Fsp3) is 0. The average molecular weight is 504 g/mol. The van der Waals surface area contributed by atoms with Gasteiger partial charge in [0.05, 0.1) is 11.1 Å². The molecule has 0 atom stereocenters. The zero-order valence-electron chi connectivity index (χ0n) is 19.6. The summed E-state index contributed by atoms with van der Waals surface area (Å²) in [7, 11) is 0. The van der Waals surface area contributed by atoms with E-state index in [0.29, 0.717) is 11.1 Å². The Kier molecular flexibility index (Phi) is 5.22. The monoisotopic (exact) mass is 504 g/mol. The summed E-state index contributed by atoms with van der Waals surface area (Å²) in [5, 5.41) is 20.1. The van der Waals surface area contributed by atoms with Gasteiger partial charge in [-0.05, 0) is 45.9 Å². The van der Waals surface area contributed by atoms with Gasteiger partial charge in [0.25, 0.3) is 0 Å². The van der Waals surface area contributed by atoms with E-state index in [9.17, 15) is 10.5 Å². The van der Waals surface area contributed by atoms with Crippen molar-refractivity contribution >= 4 is 46.6 Å².